The van der Waals surface area contributed by atoms with E-state index in [1.165, 1.54) is 13.8 Å². The van der Waals surface area contributed by atoms with Crippen LogP contribution in [0.1, 0.15) is 20.8 Å². The van der Waals surface area contributed by atoms with E-state index < -0.39 is 27.8 Å². The van der Waals surface area contributed by atoms with Crippen molar-refractivity contribution in [2.24, 2.45) is 0 Å². The van der Waals surface area contributed by atoms with Crippen LogP contribution >= 0.6 is 11.8 Å². The Labute approximate surface area is 89.4 Å². The number of rotatable bonds is 1. The molecular formula is C8H11F3NO2S-. The zero-order valence-electron chi connectivity index (χ0n) is 8.44. The predicted octanol–water partition coefficient (Wildman–Crippen LogP) is 0.498. The number of carbonyl (C=O) groups is 1. The third-order valence-corrected chi connectivity index (χ3v) is 4.15. The number of carbonyl (C=O) groups excluding carboxylic acids is 1. The summed E-state index contributed by atoms with van der Waals surface area (Å²) in [5.74, 6) is -1.48. The van der Waals surface area contributed by atoms with Crippen LogP contribution in [0.15, 0.2) is 0 Å². The van der Waals surface area contributed by atoms with E-state index in [1.54, 1.807) is 0 Å². The first-order valence-corrected chi connectivity index (χ1v) is 5.12. The number of hydrogen-bond donors (Lipinski definition) is 1. The van der Waals surface area contributed by atoms with Gasteiger partial charge in [0.1, 0.15) is 0 Å². The highest BCUT2D eigenvalue weighted by molar-refractivity contribution is 8.02. The quantitative estimate of drug-likeness (QED) is 0.727. The van der Waals surface area contributed by atoms with E-state index >= 15 is 0 Å². The van der Waals surface area contributed by atoms with Gasteiger partial charge < -0.3 is 9.90 Å². The molecule has 1 saturated heterocycles. The fraction of sp³-hybridized carbons (Fsp3) is 0.875. The molecule has 1 fully saturated rings. The van der Waals surface area contributed by atoms with Crippen LogP contribution in [0.25, 0.3) is 0 Å². The van der Waals surface area contributed by atoms with Crippen molar-refractivity contribution in [2.75, 3.05) is 0 Å². The first kappa shape index (κ1) is 12.6. The predicted molar refractivity (Wildman–Crippen MR) is 48.1 cm³/mol. The van der Waals surface area contributed by atoms with Crippen molar-refractivity contribution in [1.82, 2.24) is 5.32 Å². The van der Waals surface area contributed by atoms with Gasteiger partial charge in [-0.1, -0.05) is 0 Å². The van der Waals surface area contributed by atoms with Crippen LogP contribution in [0.4, 0.5) is 13.2 Å². The van der Waals surface area contributed by atoms with Gasteiger partial charge in [0, 0.05) is 5.54 Å². The third kappa shape index (κ3) is 2.08. The van der Waals surface area contributed by atoms with Crippen LogP contribution in [-0.4, -0.2) is 27.8 Å². The SMILES string of the molecule is CC1(C)NC(C)(C(F)(F)F)SC1C(=O)[O-]. The van der Waals surface area contributed by atoms with Crippen molar-refractivity contribution in [3.05, 3.63) is 0 Å². The molecule has 1 aliphatic heterocycles. The smallest absolute Gasteiger partial charge is 0.415 e. The minimum atomic E-state index is -4.50. The summed E-state index contributed by atoms with van der Waals surface area (Å²) in [6.45, 7) is 3.76. The van der Waals surface area contributed by atoms with Gasteiger partial charge in [-0.15, -0.1) is 11.8 Å². The van der Waals surface area contributed by atoms with E-state index in [9.17, 15) is 23.1 Å². The average Bonchev–Trinajstić information content (AvgIpc) is 2.20. The van der Waals surface area contributed by atoms with Gasteiger partial charge in [-0.3, -0.25) is 5.32 Å². The van der Waals surface area contributed by atoms with Gasteiger partial charge in [0.15, 0.2) is 4.87 Å². The molecule has 1 heterocycles. The average molecular weight is 242 g/mol. The fourth-order valence-corrected chi connectivity index (χ4v) is 2.95. The largest absolute Gasteiger partial charge is 0.549 e. The number of alkyl halides is 3. The lowest BCUT2D eigenvalue weighted by Crippen LogP contribution is -2.56. The molecule has 0 amide bonds. The second-order valence-corrected chi connectivity index (χ2v) is 5.72. The minimum absolute atomic E-state index is 0.337. The molecule has 0 spiro atoms. The Balaban J connectivity index is 3.01. The van der Waals surface area contributed by atoms with Crippen LogP contribution in [0.5, 0.6) is 0 Å². The molecule has 0 saturated carbocycles. The summed E-state index contributed by atoms with van der Waals surface area (Å²) in [6.07, 6.45) is -4.50. The maximum absolute atomic E-state index is 12.6. The molecule has 15 heavy (non-hydrogen) atoms. The lowest BCUT2D eigenvalue weighted by atomic mass is 9.99. The standard InChI is InChI=1S/C8H12F3NO2S/c1-6(2)4(5(13)14)15-7(3,12-6)8(9,10)11/h4,12H,1-3H3,(H,13,14)/p-1. The van der Waals surface area contributed by atoms with Gasteiger partial charge in [-0.2, -0.15) is 13.2 Å². The van der Waals surface area contributed by atoms with Crippen LogP contribution in [0.3, 0.4) is 0 Å². The summed E-state index contributed by atoms with van der Waals surface area (Å²) in [4.78, 5) is 8.46. The second-order valence-electron chi connectivity index (χ2n) is 4.19. The minimum Gasteiger partial charge on any atom is -0.549 e. The normalized spacial score (nSPS) is 35.5. The van der Waals surface area contributed by atoms with E-state index in [4.69, 9.17) is 0 Å². The van der Waals surface area contributed by atoms with Crippen LogP contribution < -0.4 is 10.4 Å². The highest BCUT2D eigenvalue weighted by Crippen LogP contribution is 2.49. The first-order valence-electron chi connectivity index (χ1n) is 4.24. The number of hydrogen-bond acceptors (Lipinski definition) is 4. The van der Waals surface area contributed by atoms with Gasteiger partial charge >= 0.3 is 6.18 Å². The maximum Gasteiger partial charge on any atom is 0.415 e. The molecule has 88 valence electrons. The second kappa shape index (κ2) is 3.28. The van der Waals surface area contributed by atoms with Gasteiger partial charge in [0.25, 0.3) is 0 Å². The maximum atomic E-state index is 12.6. The summed E-state index contributed by atoms with van der Waals surface area (Å²) >= 11 is 0.337. The summed E-state index contributed by atoms with van der Waals surface area (Å²) < 4.78 is 37.9. The molecular weight excluding hydrogens is 231 g/mol. The Morgan fingerprint density at radius 3 is 2.07 bits per heavy atom. The van der Waals surface area contributed by atoms with Crippen LogP contribution in [0, 0.1) is 0 Å². The monoisotopic (exact) mass is 242 g/mol. The summed E-state index contributed by atoms with van der Waals surface area (Å²) in [7, 11) is 0. The first-order chi connectivity index (χ1) is 6.50. The Bertz CT molecular complexity index is 292. The number of aliphatic carboxylic acids is 1. The van der Waals surface area contributed by atoms with Gasteiger partial charge in [-0.25, -0.2) is 0 Å². The van der Waals surface area contributed by atoms with Gasteiger partial charge in [0.2, 0.25) is 0 Å². The zero-order chi connectivity index (χ0) is 12.1. The van der Waals surface area contributed by atoms with E-state index in [-0.39, 0.29) is 0 Å². The molecule has 1 N–H and O–H groups in total. The molecule has 2 unspecified atom stereocenters. The van der Waals surface area contributed by atoms with Crippen molar-refractivity contribution in [2.45, 2.75) is 42.6 Å². The molecule has 0 aromatic rings. The van der Waals surface area contributed by atoms with E-state index in [2.05, 4.69) is 5.32 Å². The molecule has 0 aromatic heterocycles. The molecule has 0 radical (unpaired) electrons. The Morgan fingerprint density at radius 2 is 1.87 bits per heavy atom. The molecule has 0 bridgehead atoms. The highest BCUT2D eigenvalue weighted by Gasteiger charge is 2.61. The van der Waals surface area contributed by atoms with Crippen LogP contribution in [-0.2, 0) is 4.79 Å². The summed E-state index contributed by atoms with van der Waals surface area (Å²) in [5.41, 5.74) is -1.15. The van der Waals surface area contributed by atoms with Crippen molar-refractivity contribution in [3.63, 3.8) is 0 Å². The molecule has 7 heteroatoms. The molecule has 0 aliphatic carbocycles. The zero-order valence-corrected chi connectivity index (χ0v) is 9.25. The number of thioether (sulfide) groups is 1. The number of nitrogens with one attached hydrogen (secondary N) is 1. The Hall–Kier alpha value is -0.430. The molecule has 2 atom stereocenters. The van der Waals surface area contributed by atoms with E-state index in [0.717, 1.165) is 6.92 Å². The third-order valence-electron chi connectivity index (χ3n) is 2.32. The van der Waals surface area contributed by atoms with E-state index in [0.29, 0.717) is 11.8 Å². The van der Waals surface area contributed by atoms with Crippen molar-refractivity contribution in [3.8, 4) is 0 Å². The van der Waals surface area contributed by atoms with E-state index in [1.807, 2.05) is 0 Å². The summed E-state index contributed by atoms with van der Waals surface area (Å²) in [5, 5.41) is 11.8. The fourth-order valence-electron chi connectivity index (χ4n) is 1.57. The van der Waals surface area contributed by atoms with Crippen molar-refractivity contribution in [1.29, 1.82) is 0 Å². The highest BCUT2D eigenvalue weighted by atomic mass is 32.2. The van der Waals surface area contributed by atoms with Gasteiger partial charge in [-0.05, 0) is 20.8 Å². The Morgan fingerprint density at radius 1 is 1.40 bits per heavy atom. The lowest BCUT2D eigenvalue weighted by Gasteiger charge is -2.30. The number of carboxylic acid groups (broad SMARTS) is 1. The summed E-state index contributed by atoms with van der Waals surface area (Å²) in [6, 6.07) is 0. The topological polar surface area (TPSA) is 52.2 Å². The van der Waals surface area contributed by atoms with Crippen molar-refractivity contribution < 1.29 is 23.1 Å². The van der Waals surface area contributed by atoms with Crippen molar-refractivity contribution >= 4 is 17.7 Å². The Kier molecular flexibility index (Phi) is 2.76. The molecule has 3 nitrogen and oxygen atoms in total. The molecule has 1 aliphatic rings. The number of halogens is 3. The molecule has 1 rings (SSSR count). The number of carboxylic acids is 1. The van der Waals surface area contributed by atoms with Crippen LogP contribution in [0.2, 0.25) is 0 Å². The lowest BCUT2D eigenvalue weighted by molar-refractivity contribution is -0.305. The molecule has 0 aromatic carbocycles. The van der Waals surface area contributed by atoms with Gasteiger partial charge in [0.05, 0.1) is 11.2 Å².